The largest absolute Gasteiger partial charge is 0.506 e. The van der Waals surface area contributed by atoms with Crippen LogP contribution in [0.2, 0.25) is 0 Å². The summed E-state index contributed by atoms with van der Waals surface area (Å²) in [6.45, 7) is 3.61. The summed E-state index contributed by atoms with van der Waals surface area (Å²) in [6.07, 6.45) is 0. The number of benzene rings is 2. The van der Waals surface area contributed by atoms with Gasteiger partial charge in [0.1, 0.15) is 5.76 Å². The summed E-state index contributed by atoms with van der Waals surface area (Å²) in [5.41, 5.74) is 2.96. The molecule has 0 radical (unpaired) electrons. The fourth-order valence-corrected chi connectivity index (χ4v) is 2.74. The van der Waals surface area contributed by atoms with Gasteiger partial charge in [-0.25, -0.2) is 0 Å². The summed E-state index contributed by atoms with van der Waals surface area (Å²) >= 11 is 0. The molecule has 3 rings (SSSR count). The number of rotatable bonds is 1. The van der Waals surface area contributed by atoms with Gasteiger partial charge in [-0.05, 0) is 30.5 Å². The zero-order chi connectivity index (χ0) is 15.1. The molecule has 0 unspecified atom stereocenters. The zero-order valence-electron chi connectivity index (χ0n) is 11.8. The molecule has 3 heteroatoms. The van der Waals surface area contributed by atoms with Crippen molar-refractivity contribution in [1.82, 2.24) is 0 Å². The number of carbonyl (C=O) groups excluding carboxylic acids is 2. The van der Waals surface area contributed by atoms with Gasteiger partial charge in [-0.2, -0.15) is 0 Å². The summed E-state index contributed by atoms with van der Waals surface area (Å²) in [7, 11) is 0. The maximum Gasteiger partial charge on any atom is 0.237 e. The Kier molecular flexibility index (Phi) is 2.98. The Morgan fingerprint density at radius 3 is 2.10 bits per heavy atom. The summed E-state index contributed by atoms with van der Waals surface area (Å²) in [5.74, 6) is -1.32. The van der Waals surface area contributed by atoms with Crippen molar-refractivity contribution in [2.45, 2.75) is 13.8 Å². The quantitative estimate of drug-likeness (QED) is 0.812. The van der Waals surface area contributed by atoms with Crippen LogP contribution in [0, 0.1) is 13.8 Å². The van der Waals surface area contributed by atoms with E-state index in [9.17, 15) is 14.7 Å². The molecule has 104 valence electrons. The number of hydrogen-bond donors (Lipinski definition) is 1. The number of ketones is 2. The highest BCUT2D eigenvalue weighted by Gasteiger charge is 2.34. The molecule has 1 aliphatic carbocycles. The van der Waals surface area contributed by atoms with Gasteiger partial charge >= 0.3 is 0 Å². The molecule has 0 saturated carbocycles. The Morgan fingerprint density at radius 2 is 1.38 bits per heavy atom. The van der Waals surface area contributed by atoms with Crippen molar-refractivity contribution in [1.29, 1.82) is 0 Å². The van der Waals surface area contributed by atoms with Gasteiger partial charge in [0.05, 0.1) is 5.57 Å². The van der Waals surface area contributed by atoms with E-state index in [4.69, 9.17) is 0 Å². The molecule has 0 fully saturated rings. The predicted molar refractivity (Wildman–Crippen MR) is 81.1 cm³/mol. The Labute approximate surface area is 122 Å². The average Bonchev–Trinajstić information content (AvgIpc) is 2.47. The second kappa shape index (κ2) is 4.70. The molecule has 1 N–H and O–H groups in total. The second-order valence-corrected chi connectivity index (χ2v) is 5.19. The second-order valence-electron chi connectivity index (χ2n) is 5.19. The lowest BCUT2D eigenvalue weighted by molar-refractivity contribution is -0.110. The maximum absolute atomic E-state index is 12.4. The molecule has 2 aromatic rings. The standard InChI is InChI=1S/C18H14O3/c1-10-6-3-4-8-12(10)15-16(19)13-9-5-7-11(2)14(13)17(20)18(15)21/h3-9,19H,1-2H3. The van der Waals surface area contributed by atoms with Gasteiger partial charge < -0.3 is 5.11 Å². The summed E-state index contributed by atoms with van der Waals surface area (Å²) in [6, 6.07) is 12.4. The minimum absolute atomic E-state index is 0.0937. The molecule has 0 bridgehead atoms. The van der Waals surface area contributed by atoms with E-state index in [0.717, 1.165) is 5.56 Å². The van der Waals surface area contributed by atoms with Crippen LogP contribution in [0.5, 0.6) is 0 Å². The first kappa shape index (κ1) is 13.3. The van der Waals surface area contributed by atoms with E-state index < -0.39 is 11.6 Å². The number of aryl methyl sites for hydroxylation is 2. The van der Waals surface area contributed by atoms with Crippen molar-refractivity contribution in [3.8, 4) is 0 Å². The van der Waals surface area contributed by atoms with Crippen molar-refractivity contribution < 1.29 is 14.7 Å². The molecule has 2 aromatic carbocycles. The Morgan fingerprint density at radius 1 is 0.762 bits per heavy atom. The normalized spacial score (nSPS) is 14.4. The van der Waals surface area contributed by atoms with Crippen molar-refractivity contribution >= 4 is 22.9 Å². The Bertz CT molecular complexity index is 813. The maximum atomic E-state index is 12.4. The lowest BCUT2D eigenvalue weighted by Gasteiger charge is -2.20. The highest BCUT2D eigenvalue weighted by Crippen LogP contribution is 2.35. The first-order valence-corrected chi connectivity index (χ1v) is 6.70. The SMILES string of the molecule is Cc1ccccc1C1=C(O)c2cccc(C)c2C(=O)C1=O. The van der Waals surface area contributed by atoms with Gasteiger partial charge in [-0.15, -0.1) is 0 Å². The molecule has 0 aliphatic heterocycles. The molecule has 0 heterocycles. The molecular weight excluding hydrogens is 264 g/mol. The minimum Gasteiger partial charge on any atom is -0.506 e. The first-order chi connectivity index (χ1) is 10.0. The molecule has 3 nitrogen and oxygen atoms in total. The van der Waals surface area contributed by atoms with Crippen LogP contribution in [-0.4, -0.2) is 16.7 Å². The summed E-state index contributed by atoms with van der Waals surface area (Å²) in [4.78, 5) is 24.8. The monoisotopic (exact) mass is 278 g/mol. The highest BCUT2D eigenvalue weighted by atomic mass is 16.3. The van der Waals surface area contributed by atoms with Gasteiger partial charge in [0.15, 0.2) is 0 Å². The summed E-state index contributed by atoms with van der Waals surface area (Å²) < 4.78 is 0. The number of aliphatic hydroxyl groups excluding tert-OH is 1. The smallest absolute Gasteiger partial charge is 0.237 e. The van der Waals surface area contributed by atoms with E-state index in [0.29, 0.717) is 22.3 Å². The van der Waals surface area contributed by atoms with Gasteiger partial charge in [0.25, 0.3) is 0 Å². The zero-order valence-corrected chi connectivity index (χ0v) is 11.8. The Balaban J connectivity index is 2.36. The van der Waals surface area contributed by atoms with Gasteiger partial charge in [0, 0.05) is 11.1 Å². The van der Waals surface area contributed by atoms with E-state index in [1.54, 1.807) is 37.3 Å². The van der Waals surface area contributed by atoms with Crippen molar-refractivity contribution in [3.05, 3.63) is 70.3 Å². The number of hydrogen-bond acceptors (Lipinski definition) is 3. The molecular formula is C18H14O3. The number of allylic oxidation sites excluding steroid dienone is 1. The molecule has 21 heavy (non-hydrogen) atoms. The fourth-order valence-electron chi connectivity index (χ4n) is 2.74. The first-order valence-electron chi connectivity index (χ1n) is 6.70. The van der Waals surface area contributed by atoms with Crippen molar-refractivity contribution in [2.75, 3.05) is 0 Å². The average molecular weight is 278 g/mol. The van der Waals surface area contributed by atoms with Crippen LogP contribution in [0.4, 0.5) is 0 Å². The summed E-state index contributed by atoms with van der Waals surface area (Å²) in [5, 5.41) is 10.5. The molecule has 0 spiro atoms. The van der Waals surface area contributed by atoms with Crippen LogP contribution < -0.4 is 0 Å². The highest BCUT2D eigenvalue weighted by molar-refractivity contribution is 6.62. The third kappa shape index (κ3) is 1.89. The van der Waals surface area contributed by atoms with E-state index in [2.05, 4.69) is 0 Å². The molecule has 0 aromatic heterocycles. The van der Waals surface area contributed by atoms with E-state index in [1.165, 1.54) is 0 Å². The third-order valence-electron chi connectivity index (χ3n) is 3.84. The van der Waals surface area contributed by atoms with E-state index >= 15 is 0 Å². The molecule has 1 aliphatic rings. The fraction of sp³-hybridized carbons (Fsp3) is 0.111. The number of Topliss-reactive ketones (excluding diaryl/α,β-unsaturated/α-hetero) is 2. The number of carbonyl (C=O) groups is 2. The van der Waals surface area contributed by atoms with Crippen LogP contribution in [0.3, 0.4) is 0 Å². The van der Waals surface area contributed by atoms with Crippen molar-refractivity contribution in [3.63, 3.8) is 0 Å². The van der Waals surface area contributed by atoms with Gasteiger partial charge in [-0.3, -0.25) is 9.59 Å². The van der Waals surface area contributed by atoms with Gasteiger partial charge in [-0.1, -0.05) is 42.5 Å². The van der Waals surface area contributed by atoms with Gasteiger partial charge in [0.2, 0.25) is 11.6 Å². The molecule has 0 amide bonds. The lowest BCUT2D eigenvalue weighted by atomic mass is 9.82. The minimum atomic E-state index is -0.649. The lowest BCUT2D eigenvalue weighted by Crippen LogP contribution is -2.24. The van der Waals surface area contributed by atoms with E-state index in [1.807, 2.05) is 19.1 Å². The Hall–Kier alpha value is -2.68. The predicted octanol–water partition coefficient (Wildman–Crippen LogP) is 3.50. The topological polar surface area (TPSA) is 54.4 Å². The molecule has 0 atom stereocenters. The van der Waals surface area contributed by atoms with Crippen LogP contribution in [-0.2, 0) is 4.79 Å². The number of aliphatic hydroxyl groups is 1. The van der Waals surface area contributed by atoms with Crippen LogP contribution in [0.15, 0.2) is 42.5 Å². The van der Waals surface area contributed by atoms with E-state index in [-0.39, 0.29) is 11.3 Å². The van der Waals surface area contributed by atoms with Crippen LogP contribution in [0.1, 0.15) is 32.6 Å². The van der Waals surface area contributed by atoms with Crippen LogP contribution >= 0.6 is 0 Å². The third-order valence-corrected chi connectivity index (χ3v) is 3.84. The number of fused-ring (bicyclic) bond motifs is 1. The molecule has 0 saturated heterocycles. The van der Waals surface area contributed by atoms with Crippen molar-refractivity contribution in [2.24, 2.45) is 0 Å². The van der Waals surface area contributed by atoms with Crippen LogP contribution in [0.25, 0.3) is 11.3 Å².